The highest BCUT2D eigenvalue weighted by Crippen LogP contribution is 2.35. The molecule has 0 aliphatic carbocycles. The number of aromatic amines is 1. The molecule has 5 nitrogen and oxygen atoms in total. The van der Waals surface area contributed by atoms with Gasteiger partial charge in [-0.1, -0.05) is 20.8 Å². The fourth-order valence-electron chi connectivity index (χ4n) is 3.54. The van der Waals surface area contributed by atoms with Crippen molar-refractivity contribution in [3.05, 3.63) is 28.6 Å². The molecule has 1 aliphatic heterocycles. The van der Waals surface area contributed by atoms with Gasteiger partial charge in [0.1, 0.15) is 11.6 Å². The van der Waals surface area contributed by atoms with Crippen LogP contribution in [0.5, 0.6) is 0 Å². The Morgan fingerprint density at radius 1 is 1.18 bits per heavy atom. The Morgan fingerprint density at radius 3 is 2.59 bits per heavy atom. The number of fused-ring (bicyclic) bond motifs is 1. The Hall–Kier alpha value is -1.65. The molecular formula is C17H27N5. The minimum absolute atomic E-state index is 0.370. The molecule has 0 radical (unpaired) electrons. The van der Waals surface area contributed by atoms with Crippen molar-refractivity contribution in [2.75, 3.05) is 0 Å². The Bertz CT molecular complexity index is 640. The number of nitrogens with zero attached hydrogens (tertiary/aromatic N) is 4. The fourth-order valence-corrected chi connectivity index (χ4v) is 3.54. The summed E-state index contributed by atoms with van der Waals surface area (Å²) in [5.74, 6) is 2.98. The molecule has 0 spiro atoms. The first kappa shape index (κ1) is 15.3. The molecule has 0 saturated heterocycles. The van der Waals surface area contributed by atoms with Gasteiger partial charge in [0.25, 0.3) is 0 Å². The first-order valence-electron chi connectivity index (χ1n) is 8.27. The summed E-state index contributed by atoms with van der Waals surface area (Å²) in [5.41, 5.74) is 3.83. The minimum Gasteiger partial charge on any atom is -0.315 e. The maximum atomic E-state index is 4.46. The van der Waals surface area contributed by atoms with Crippen LogP contribution in [0.1, 0.15) is 62.2 Å². The SMILES string of the molecule is Cc1n[nH]c(C)c1Cc1nnc2n1CCC(C(C)(C)C)CC2. The summed E-state index contributed by atoms with van der Waals surface area (Å²) >= 11 is 0. The number of aryl methyl sites for hydroxylation is 3. The van der Waals surface area contributed by atoms with E-state index in [0.717, 1.165) is 48.3 Å². The summed E-state index contributed by atoms with van der Waals surface area (Å²) in [4.78, 5) is 0. The third-order valence-corrected chi connectivity index (χ3v) is 5.16. The van der Waals surface area contributed by atoms with Crippen LogP contribution in [0.25, 0.3) is 0 Å². The highest BCUT2D eigenvalue weighted by molar-refractivity contribution is 5.27. The van der Waals surface area contributed by atoms with Gasteiger partial charge in [0, 0.05) is 30.6 Å². The van der Waals surface area contributed by atoms with Crippen molar-refractivity contribution in [1.29, 1.82) is 0 Å². The second kappa shape index (κ2) is 5.52. The van der Waals surface area contributed by atoms with Gasteiger partial charge in [-0.2, -0.15) is 5.10 Å². The Morgan fingerprint density at radius 2 is 1.95 bits per heavy atom. The van der Waals surface area contributed by atoms with Crippen molar-refractivity contribution < 1.29 is 0 Å². The standard InChI is InChI=1S/C17H27N5/c1-11-14(12(2)19-18-11)10-16-21-20-15-7-6-13(17(3,4)5)8-9-22(15)16/h13H,6-10H2,1-5H3,(H,18,19). The molecular weight excluding hydrogens is 274 g/mol. The number of nitrogens with one attached hydrogen (secondary N) is 1. The molecule has 0 aromatic carbocycles. The lowest BCUT2D eigenvalue weighted by atomic mass is 9.76. The van der Waals surface area contributed by atoms with Crippen LogP contribution in [0.3, 0.4) is 0 Å². The average Bonchev–Trinajstić information content (AvgIpc) is 2.87. The zero-order chi connectivity index (χ0) is 15.9. The van der Waals surface area contributed by atoms with Crippen LogP contribution < -0.4 is 0 Å². The lowest BCUT2D eigenvalue weighted by Gasteiger charge is -2.29. The van der Waals surface area contributed by atoms with Gasteiger partial charge in [0.05, 0.1) is 5.69 Å². The Kier molecular flexibility index (Phi) is 3.83. The summed E-state index contributed by atoms with van der Waals surface area (Å²) in [5, 5.41) is 16.3. The molecule has 0 saturated carbocycles. The summed E-state index contributed by atoms with van der Waals surface area (Å²) in [7, 11) is 0. The maximum absolute atomic E-state index is 4.46. The van der Waals surface area contributed by atoms with E-state index in [-0.39, 0.29) is 0 Å². The molecule has 0 fully saturated rings. The topological polar surface area (TPSA) is 59.4 Å². The van der Waals surface area contributed by atoms with Crippen molar-refractivity contribution in [2.24, 2.45) is 11.3 Å². The predicted octanol–water partition coefficient (Wildman–Crippen LogP) is 3.21. The number of hydrogen-bond donors (Lipinski definition) is 1. The quantitative estimate of drug-likeness (QED) is 0.926. The third-order valence-electron chi connectivity index (χ3n) is 5.16. The van der Waals surface area contributed by atoms with Crippen LogP contribution in [0, 0.1) is 25.2 Å². The summed E-state index contributed by atoms with van der Waals surface area (Å²) in [6.45, 7) is 12.2. The van der Waals surface area contributed by atoms with Crippen molar-refractivity contribution >= 4 is 0 Å². The monoisotopic (exact) mass is 301 g/mol. The normalized spacial score (nSPS) is 19.0. The van der Waals surface area contributed by atoms with Gasteiger partial charge in [-0.05, 0) is 38.0 Å². The van der Waals surface area contributed by atoms with Crippen LogP contribution in [0.2, 0.25) is 0 Å². The van der Waals surface area contributed by atoms with Crippen molar-refractivity contribution in [2.45, 2.75) is 66.8 Å². The molecule has 22 heavy (non-hydrogen) atoms. The highest BCUT2D eigenvalue weighted by atomic mass is 15.3. The zero-order valence-electron chi connectivity index (χ0n) is 14.4. The van der Waals surface area contributed by atoms with Crippen LogP contribution >= 0.6 is 0 Å². The summed E-state index contributed by atoms with van der Waals surface area (Å²) in [6, 6.07) is 0. The zero-order valence-corrected chi connectivity index (χ0v) is 14.4. The number of H-pyrrole nitrogens is 1. The summed E-state index contributed by atoms with van der Waals surface area (Å²) in [6.07, 6.45) is 4.29. The van der Waals surface area contributed by atoms with E-state index in [0.29, 0.717) is 5.41 Å². The Balaban J connectivity index is 1.83. The second-order valence-corrected chi connectivity index (χ2v) is 7.66. The predicted molar refractivity (Wildman–Crippen MR) is 86.8 cm³/mol. The van der Waals surface area contributed by atoms with Gasteiger partial charge < -0.3 is 4.57 Å². The largest absolute Gasteiger partial charge is 0.315 e. The lowest BCUT2D eigenvalue weighted by Crippen LogP contribution is -2.21. The lowest BCUT2D eigenvalue weighted by molar-refractivity contribution is 0.211. The maximum Gasteiger partial charge on any atom is 0.137 e. The average molecular weight is 301 g/mol. The molecule has 3 heterocycles. The van der Waals surface area contributed by atoms with Gasteiger partial charge in [-0.3, -0.25) is 5.10 Å². The molecule has 120 valence electrons. The molecule has 3 rings (SSSR count). The van der Waals surface area contributed by atoms with Crippen LogP contribution in [0.15, 0.2) is 0 Å². The van der Waals surface area contributed by atoms with E-state index in [4.69, 9.17) is 0 Å². The molecule has 1 unspecified atom stereocenters. The second-order valence-electron chi connectivity index (χ2n) is 7.66. The van der Waals surface area contributed by atoms with E-state index in [1.807, 2.05) is 6.92 Å². The van der Waals surface area contributed by atoms with Gasteiger partial charge in [-0.15, -0.1) is 10.2 Å². The first-order valence-corrected chi connectivity index (χ1v) is 8.27. The van der Waals surface area contributed by atoms with Crippen molar-refractivity contribution in [1.82, 2.24) is 25.0 Å². The number of rotatable bonds is 2. The fraction of sp³-hybridized carbons (Fsp3) is 0.706. The van der Waals surface area contributed by atoms with Gasteiger partial charge in [0.2, 0.25) is 0 Å². The van der Waals surface area contributed by atoms with E-state index in [2.05, 4.69) is 52.7 Å². The third kappa shape index (κ3) is 2.81. The molecule has 0 bridgehead atoms. The van der Waals surface area contributed by atoms with E-state index in [9.17, 15) is 0 Å². The van der Waals surface area contributed by atoms with Gasteiger partial charge >= 0.3 is 0 Å². The molecule has 5 heteroatoms. The molecule has 2 aromatic rings. The Labute approximate surface area is 132 Å². The van der Waals surface area contributed by atoms with Crippen LogP contribution in [-0.4, -0.2) is 25.0 Å². The molecule has 0 amide bonds. The van der Waals surface area contributed by atoms with E-state index < -0.39 is 0 Å². The van der Waals surface area contributed by atoms with Crippen LogP contribution in [0.4, 0.5) is 0 Å². The molecule has 2 aromatic heterocycles. The highest BCUT2D eigenvalue weighted by Gasteiger charge is 2.28. The summed E-state index contributed by atoms with van der Waals surface area (Å²) < 4.78 is 2.34. The van der Waals surface area contributed by atoms with Crippen LogP contribution in [-0.2, 0) is 19.4 Å². The minimum atomic E-state index is 0.370. The number of hydrogen-bond acceptors (Lipinski definition) is 3. The molecule has 1 N–H and O–H groups in total. The van der Waals surface area contributed by atoms with E-state index in [1.54, 1.807) is 0 Å². The molecule has 1 aliphatic rings. The van der Waals surface area contributed by atoms with Gasteiger partial charge in [0.15, 0.2) is 0 Å². The van der Waals surface area contributed by atoms with Crippen molar-refractivity contribution in [3.63, 3.8) is 0 Å². The molecule has 1 atom stereocenters. The van der Waals surface area contributed by atoms with E-state index >= 15 is 0 Å². The number of aromatic nitrogens is 5. The first-order chi connectivity index (χ1) is 10.4. The van der Waals surface area contributed by atoms with Crippen molar-refractivity contribution in [3.8, 4) is 0 Å². The van der Waals surface area contributed by atoms with E-state index in [1.165, 1.54) is 18.4 Å². The van der Waals surface area contributed by atoms with Gasteiger partial charge in [-0.25, -0.2) is 0 Å². The smallest absolute Gasteiger partial charge is 0.137 e.